The number of hydrogen-bond acceptors (Lipinski definition) is 5. The molecule has 3 aromatic rings. The van der Waals surface area contributed by atoms with Crippen LogP contribution in [0.2, 0.25) is 10.0 Å². The van der Waals surface area contributed by atoms with E-state index in [0.29, 0.717) is 6.04 Å². The maximum absolute atomic E-state index is 14.3. The Balaban J connectivity index is 1.42. The van der Waals surface area contributed by atoms with E-state index in [1.165, 1.54) is 24.4 Å². The second-order valence-electron chi connectivity index (χ2n) is 8.62. The number of aromatic amines is 1. The van der Waals surface area contributed by atoms with Crippen LogP contribution in [-0.4, -0.2) is 59.7 Å². The van der Waals surface area contributed by atoms with Crippen molar-refractivity contribution in [1.29, 1.82) is 0 Å². The maximum Gasteiger partial charge on any atom is 0.199 e. The van der Waals surface area contributed by atoms with Crippen molar-refractivity contribution in [3.05, 3.63) is 81.0 Å². The first-order chi connectivity index (χ1) is 16.2. The van der Waals surface area contributed by atoms with Crippen LogP contribution in [0, 0.1) is 5.82 Å². The molecule has 34 heavy (non-hydrogen) atoms. The van der Waals surface area contributed by atoms with E-state index in [1.54, 1.807) is 6.20 Å². The molecule has 0 amide bonds. The minimum absolute atomic E-state index is 0.0441. The summed E-state index contributed by atoms with van der Waals surface area (Å²) < 4.78 is 14.3. The standard InChI is InChI=1S/C25H25Cl2FN4O2/c1-31-9-7-17(8-10-31)32(2)22-6-3-15(13-30-22)11-21(33)20-12-16(14-29-20)25(34)23-18(26)4-5-19(27)24(23)28/h3-6,12-14,17,29H,7-11H2,1-2H3. The number of rotatable bonds is 7. The zero-order chi connectivity index (χ0) is 24.4. The van der Waals surface area contributed by atoms with E-state index in [4.69, 9.17) is 23.2 Å². The second kappa shape index (κ2) is 10.3. The zero-order valence-corrected chi connectivity index (χ0v) is 20.5. The molecule has 9 heteroatoms. The number of carbonyl (C=O) groups is 2. The van der Waals surface area contributed by atoms with Gasteiger partial charge in [0.05, 0.1) is 21.3 Å². The van der Waals surface area contributed by atoms with Crippen molar-refractivity contribution in [3.8, 4) is 0 Å². The fraction of sp³-hybridized carbons (Fsp3) is 0.320. The number of nitrogens with zero attached hydrogens (tertiary/aromatic N) is 3. The summed E-state index contributed by atoms with van der Waals surface area (Å²) in [7, 11) is 4.18. The van der Waals surface area contributed by atoms with Gasteiger partial charge in [-0.15, -0.1) is 0 Å². The number of pyridine rings is 1. The van der Waals surface area contributed by atoms with Crippen LogP contribution in [0.15, 0.2) is 42.7 Å². The van der Waals surface area contributed by atoms with Gasteiger partial charge in [-0.2, -0.15) is 0 Å². The molecule has 1 aliphatic heterocycles. The third kappa shape index (κ3) is 5.17. The number of anilines is 1. The first kappa shape index (κ1) is 24.4. The third-order valence-electron chi connectivity index (χ3n) is 6.29. The normalized spacial score (nSPS) is 14.9. The van der Waals surface area contributed by atoms with Crippen molar-refractivity contribution in [2.24, 2.45) is 0 Å². The summed E-state index contributed by atoms with van der Waals surface area (Å²) in [4.78, 5) is 37.4. The molecule has 178 valence electrons. The molecule has 2 aromatic heterocycles. The number of likely N-dealkylation sites (tertiary alicyclic amines) is 1. The summed E-state index contributed by atoms with van der Waals surface area (Å²) in [5.41, 5.74) is 0.812. The number of nitrogens with one attached hydrogen (secondary N) is 1. The summed E-state index contributed by atoms with van der Waals surface area (Å²) in [5, 5.41) is -0.241. The summed E-state index contributed by atoms with van der Waals surface area (Å²) in [5.74, 6) is -0.873. The molecule has 4 rings (SSSR count). The predicted molar refractivity (Wildman–Crippen MR) is 132 cm³/mol. The van der Waals surface area contributed by atoms with Crippen LogP contribution >= 0.6 is 23.2 Å². The van der Waals surface area contributed by atoms with Crippen LogP contribution in [0.4, 0.5) is 10.2 Å². The van der Waals surface area contributed by atoms with Gasteiger partial charge in [-0.25, -0.2) is 9.37 Å². The Morgan fingerprint density at radius 2 is 1.88 bits per heavy atom. The monoisotopic (exact) mass is 502 g/mol. The van der Waals surface area contributed by atoms with E-state index in [0.717, 1.165) is 37.3 Å². The lowest BCUT2D eigenvalue weighted by molar-refractivity contribution is 0.0988. The first-order valence-electron chi connectivity index (χ1n) is 11.0. The Morgan fingerprint density at radius 3 is 2.56 bits per heavy atom. The molecular weight excluding hydrogens is 478 g/mol. The maximum atomic E-state index is 14.3. The number of aromatic nitrogens is 2. The van der Waals surface area contributed by atoms with Crippen molar-refractivity contribution in [1.82, 2.24) is 14.9 Å². The SMILES string of the molecule is CN1CCC(N(C)c2ccc(CC(=O)c3cc(C(=O)c4c(Cl)ccc(Cl)c4F)c[nH]3)cn2)CC1. The third-order valence-corrected chi connectivity index (χ3v) is 6.89. The van der Waals surface area contributed by atoms with Crippen LogP contribution in [-0.2, 0) is 6.42 Å². The van der Waals surface area contributed by atoms with E-state index in [9.17, 15) is 14.0 Å². The molecule has 1 saturated heterocycles. The van der Waals surface area contributed by atoms with E-state index < -0.39 is 11.6 Å². The van der Waals surface area contributed by atoms with E-state index in [1.807, 2.05) is 12.1 Å². The summed E-state index contributed by atoms with van der Waals surface area (Å²) in [6, 6.07) is 8.31. The highest BCUT2D eigenvalue weighted by Crippen LogP contribution is 2.28. The molecule has 0 bridgehead atoms. The van der Waals surface area contributed by atoms with Gasteiger partial charge >= 0.3 is 0 Å². The summed E-state index contributed by atoms with van der Waals surface area (Å²) in [6.07, 6.45) is 5.37. The van der Waals surface area contributed by atoms with Gasteiger partial charge in [-0.1, -0.05) is 29.3 Å². The highest BCUT2D eigenvalue weighted by atomic mass is 35.5. The van der Waals surface area contributed by atoms with E-state index in [-0.39, 0.29) is 39.1 Å². The van der Waals surface area contributed by atoms with Gasteiger partial charge in [0.25, 0.3) is 0 Å². The van der Waals surface area contributed by atoms with Gasteiger partial charge in [0.15, 0.2) is 17.4 Å². The molecule has 0 spiro atoms. The Kier molecular flexibility index (Phi) is 7.36. The van der Waals surface area contributed by atoms with E-state index >= 15 is 0 Å². The predicted octanol–water partition coefficient (Wildman–Crippen LogP) is 5.04. The van der Waals surface area contributed by atoms with Gasteiger partial charge in [-0.05, 0) is 62.8 Å². The average molecular weight is 503 g/mol. The minimum atomic E-state index is -0.885. The molecule has 0 unspecified atom stereocenters. The van der Waals surface area contributed by atoms with Gasteiger partial charge < -0.3 is 14.8 Å². The van der Waals surface area contributed by atoms with Crippen molar-refractivity contribution in [2.75, 3.05) is 32.1 Å². The van der Waals surface area contributed by atoms with Crippen molar-refractivity contribution >= 4 is 40.6 Å². The van der Waals surface area contributed by atoms with Crippen LogP contribution < -0.4 is 4.90 Å². The Labute approximate surface area is 207 Å². The van der Waals surface area contributed by atoms with Crippen LogP contribution in [0.25, 0.3) is 0 Å². The highest BCUT2D eigenvalue weighted by molar-refractivity contribution is 6.37. The lowest BCUT2D eigenvalue weighted by Crippen LogP contribution is -2.42. The smallest absolute Gasteiger partial charge is 0.199 e. The molecule has 0 radical (unpaired) electrons. The molecule has 1 aliphatic rings. The number of carbonyl (C=O) groups excluding carboxylic acids is 2. The fourth-order valence-electron chi connectivity index (χ4n) is 4.15. The number of piperidine rings is 1. The molecule has 1 fully saturated rings. The molecule has 0 aliphatic carbocycles. The largest absolute Gasteiger partial charge is 0.358 e. The lowest BCUT2D eigenvalue weighted by atomic mass is 10.0. The van der Waals surface area contributed by atoms with Crippen molar-refractivity contribution < 1.29 is 14.0 Å². The molecule has 3 heterocycles. The molecule has 1 aromatic carbocycles. The average Bonchev–Trinajstić information content (AvgIpc) is 3.33. The molecule has 0 saturated carbocycles. The van der Waals surface area contributed by atoms with Gasteiger partial charge in [0.2, 0.25) is 0 Å². The number of benzene rings is 1. The van der Waals surface area contributed by atoms with Crippen molar-refractivity contribution in [3.63, 3.8) is 0 Å². The number of halogens is 3. The lowest BCUT2D eigenvalue weighted by Gasteiger charge is -2.35. The molecule has 1 N–H and O–H groups in total. The Morgan fingerprint density at radius 1 is 1.18 bits per heavy atom. The number of H-pyrrole nitrogens is 1. The molecule has 0 atom stereocenters. The second-order valence-corrected chi connectivity index (χ2v) is 9.43. The van der Waals surface area contributed by atoms with Crippen LogP contribution in [0.5, 0.6) is 0 Å². The Hall–Kier alpha value is -2.74. The minimum Gasteiger partial charge on any atom is -0.358 e. The number of Topliss-reactive ketones (excluding diaryl/α,β-unsaturated/α-hetero) is 1. The number of hydrogen-bond donors (Lipinski definition) is 1. The Bertz CT molecular complexity index is 1200. The van der Waals surface area contributed by atoms with E-state index in [2.05, 4.69) is 33.9 Å². The highest BCUT2D eigenvalue weighted by Gasteiger charge is 2.23. The van der Waals surface area contributed by atoms with Crippen molar-refractivity contribution in [2.45, 2.75) is 25.3 Å². The molecular formula is C25H25Cl2FN4O2. The summed E-state index contributed by atoms with van der Waals surface area (Å²) in [6.45, 7) is 2.14. The topological polar surface area (TPSA) is 69.3 Å². The zero-order valence-electron chi connectivity index (χ0n) is 18.9. The molecule has 6 nitrogen and oxygen atoms in total. The van der Waals surface area contributed by atoms with Crippen LogP contribution in [0.1, 0.15) is 44.8 Å². The van der Waals surface area contributed by atoms with Crippen LogP contribution in [0.3, 0.4) is 0 Å². The van der Waals surface area contributed by atoms with Gasteiger partial charge in [0.1, 0.15) is 5.82 Å². The quantitative estimate of drug-likeness (QED) is 0.361. The fourth-order valence-corrected chi connectivity index (χ4v) is 4.54. The van der Waals surface area contributed by atoms with Gasteiger partial charge in [-0.3, -0.25) is 9.59 Å². The first-order valence-corrected chi connectivity index (χ1v) is 11.8. The van der Waals surface area contributed by atoms with Gasteiger partial charge in [0, 0.05) is 37.5 Å². The summed E-state index contributed by atoms with van der Waals surface area (Å²) >= 11 is 11.8. The number of ketones is 2.